The summed E-state index contributed by atoms with van der Waals surface area (Å²) in [5.41, 5.74) is 44.2. The molecule has 1 aromatic heterocycles. The van der Waals surface area contributed by atoms with Gasteiger partial charge in [-0.3, -0.25) is 0 Å². The predicted molar refractivity (Wildman–Crippen MR) is 494 cm³/mol. The minimum Gasteiger partial charge on any atom is -0.310 e. The van der Waals surface area contributed by atoms with Gasteiger partial charge in [0.2, 0.25) is 0 Å². The Morgan fingerprint density at radius 3 is 1.12 bits per heavy atom. The lowest BCUT2D eigenvalue weighted by Gasteiger charge is -2.33. The molecule has 0 radical (unpaired) electrons. The normalized spacial score (nSPS) is 17.0. The first-order valence-corrected chi connectivity index (χ1v) is 42.7. The molecule has 0 N–H and O–H groups in total. The molecule has 0 saturated heterocycles. The fourth-order valence-electron chi connectivity index (χ4n) is 24.0. The lowest BCUT2D eigenvalue weighted by molar-refractivity contribution is 0.660. The van der Waals surface area contributed by atoms with Crippen LogP contribution in [-0.4, -0.2) is 0 Å². The summed E-state index contributed by atoms with van der Waals surface area (Å²) < 4.78 is 2.60. The van der Waals surface area contributed by atoms with Gasteiger partial charge in [0.15, 0.2) is 0 Å². The van der Waals surface area contributed by atoms with Gasteiger partial charge in [0.1, 0.15) is 0 Å². The third-order valence-corrected chi connectivity index (χ3v) is 30.2. The van der Waals surface area contributed by atoms with Crippen molar-refractivity contribution >= 4 is 87.2 Å². The summed E-state index contributed by atoms with van der Waals surface area (Å²) in [4.78, 5) is 5.26. The average molecular weight is 1520 g/mol. The third-order valence-electron chi connectivity index (χ3n) is 29.1. The maximum absolute atomic E-state index is 2.67. The van der Waals surface area contributed by atoms with Crippen LogP contribution in [0.3, 0.4) is 0 Å². The van der Waals surface area contributed by atoms with E-state index >= 15 is 0 Å². The fraction of sp³-hybridized carbons (Fsp3) is 0.0957. The molecule has 118 heavy (non-hydrogen) atoms. The van der Waals surface area contributed by atoms with E-state index in [1.54, 1.807) is 0 Å². The number of nitrogens with zero attached hydrogens (tertiary/aromatic N) is 2. The second-order valence-corrected chi connectivity index (χ2v) is 36.6. The number of fused-ring (bicyclic) bond motifs is 36. The van der Waals surface area contributed by atoms with Gasteiger partial charge in [-0.1, -0.05) is 327 Å². The van der Waals surface area contributed by atoms with Gasteiger partial charge in [-0.25, -0.2) is 0 Å². The zero-order valence-corrected chi connectivity index (χ0v) is 67.3. The van der Waals surface area contributed by atoms with Crippen LogP contribution in [0, 0.1) is 0 Å². The lowest BCUT2D eigenvalue weighted by atomic mass is 9.70. The number of hydrogen-bond acceptors (Lipinski definition) is 3. The quantitative estimate of drug-likeness (QED) is 0.157. The van der Waals surface area contributed by atoms with Crippen LogP contribution in [0.25, 0.3) is 131 Å². The third kappa shape index (κ3) is 8.32. The van der Waals surface area contributed by atoms with Crippen molar-refractivity contribution in [1.29, 1.82) is 0 Å². The summed E-state index contributed by atoms with van der Waals surface area (Å²) in [5.74, 6) is 0. The molecule has 26 rings (SSSR count). The highest BCUT2D eigenvalue weighted by Gasteiger charge is 2.56. The molecule has 0 bridgehead atoms. The Labute approximate surface area is 691 Å². The molecule has 19 aromatic rings. The summed E-state index contributed by atoms with van der Waals surface area (Å²) in [6.45, 7) is 14.6. The van der Waals surface area contributed by atoms with Gasteiger partial charge < -0.3 is 9.80 Å². The van der Waals surface area contributed by atoms with Crippen molar-refractivity contribution in [3.8, 4) is 89.0 Å². The number of hydrogen-bond donors (Lipinski definition) is 0. The summed E-state index contributed by atoms with van der Waals surface area (Å²) in [5, 5.41) is 7.62. The van der Waals surface area contributed by atoms with Gasteiger partial charge in [-0.15, -0.1) is 11.3 Å². The van der Waals surface area contributed by atoms with E-state index in [2.05, 4.69) is 415 Å². The molecular formula is C115H78N2S. The van der Waals surface area contributed by atoms with Crippen molar-refractivity contribution in [2.75, 3.05) is 9.80 Å². The van der Waals surface area contributed by atoms with Crippen molar-refractivity contribution in [3.63, 3.8) is 0 Å². The molecule has 554 valence electrons. The molecule has 18 aromatic carbocycles. The lowest BCUT2D eigenvalue weighted by Crippen LogP contribution is -2.26. The highest BCUT2D eigenvalue weighted by molar-refractivity contribution is 7.25. The van der Waals surface area contributed by atoms with E-state index in [0.29, 0.717) is 0 Å². The summed E-state index contributed by atoms with van der Waals surface area (Å²) in [6.07, 6.45) is 0. The van der Waals surface area contributed by atoms with Crippen LogP contribution in [0.1, 0.15) is 119 Å². The Morgan fingerprint density at radius 1 is 0.195 bits per heavy atom. The standard InChI is InChI=1S/C115H78N2S/c1-111(2)87-35-16-9-28-75(87)77-57-53-72(65-99(77)111)116(71-55-61-105-86(64-71)79-30-15-22-47-104(79)118-105)101-44-24-42-94-109(101)82-33-13-20-39-91(82)115(94)90-38-19-12-32-81(90)107-85-62-69(49-48-68(85)52-60-97(107)115)70-50-56-84-98(63-70)113(5,6)93-41-23-45-102(108(84)93)117(73-54-58-78-76-29-10-17-36-88(76)112(3,4)100(78)66-73)103-46-25-43-95-110(103)83-34-14-21-40-92(83)114(95)89-37-18-11-31-80(89)106-74-27-8-7-26-67(74)51-59-96(106)114/h7-66H,1-6H3. The highest BCUT2D eigenvalue weighted by atomic mass is 32.1. The molecule has 3 heteroatoms. The molecule has 2 spiro atoms. The molecule has 0 aliphatic heterocycles. The van der Waals surface area contributed by atoms with E-state index in [0.717, 1.165) is 17.1 Å². The number of benzene rings is 18. The summed E-state index contributed by atoms with van der Waals surface area (Å²) in [7, 11) is 0. The van der Waals surface area contributed by atoms with Gasteiger partial charge in [-0.05, 0) is 251 Å². The summed E-state index contributed by atoms with van der Waals surface area (Å²) >= 11 is 1.88. The topological polar surface area (TPSA) is 6.48 Å². The summed E-state index contributed by atoms with van der Waals surface area (Å²) in [6, 6.07) is 141. The molecule has 7 aliphatic carbocycles. The van der Waals surface area contributed by atoms with Crippen LogP contribution >= 0.6 is 11.3 Å². The molecule has 7 aliphatic rings. The van der Waals surface area contributed by atoms with Crippen LogP contribution < -0.4 is 9.80 Å². The largest absolute Gasteiger partial charge is 0.310 e. The monoisotopic (exact) mass is 1520 g/mol. The van der Waals surface area contributed by atoms with Crippen LogP contribution in [-0.2, 0) is 27.1 Å². The van der Waals surface area contributed by atoms with E-state index < -0.39 is 10.8 Å². The van der Waals surface area contributed by atoms with E-state index in [-0.39, 0.29) is 16.2 Å². The minimum absolute atomic E-state index is 0.193. The van der Waals surface area contributed by atoms with Gasteiger partial charge in [0, 0.05) is 70.2 Å². The second-order valence-electron chi connectivity index (χ2n) is 35.6. The van der Waals surface area contributed by atoms with Crippen LogP contribution in [0.2, 0.25) is 0 Å². The van der Waals surface area contributed by atoms with Crippen molar-refractivity contribution < 1.29 is 0 Å². The van der Waals surface area contributed by atoms with Crippen LogP contribution in [0.5, 0.6) is 0 Å². The average Bonchev–Trinajstić information content (AvgIpc) is 1.50. The van der Waals surface area contributed by atoms with Crippen molar-refractivity contribution in [1.82, 2.24) is 0 Å². The number of thiophene rings is 1. The van der Waals surface area contributed by atoms with Crippen LogP contribution in [0.4, 0.5) is 34.1 Å². The van der Waals surface area contributed by atoms with Gasteiger partial charge in [0.05, 0.1) is 27.9 Å². The molecular weight excluding hydrogens is 1440 g/mol. The van der Waals surface area contributed by atoms with E-state index in [1.807, 2.05) is 11.3 Å². The Bertz CT molecular complexity index is 7770. The van der Waals surface area contributed by atoms with E-state index in [9.17, 15) is 0 Å². The van der Waals surface area contributed by atoms with Crippen molar-refractivity contribution in [3.05, 3.63) is 442 Å². The molecule has 1 heterocycles. The fourth-order valence-corrected chi connectivity index (χ4v) is 25.0. The van der Waals surface area contributed by atoms with Gasteiger partial charge in [0.25, 0.3) is 0 Å². The van der Waals surface area contributed by atoms with Gasteiger partial charge in [-0.2, -0.15) is 0 Å². The molecule has 0 amide bonds. The molecule has 2 nitrogen and oxygen atoms in total. The molecule has 2 atom stereocenters. The Balaban J connectivity index is 0.643. The van der Waals surface area contributed by atoms with Gasteiger partial charge >= 0.3 is 0 Å². The SMILES string of the molecule is CC1(C)c2ccccc2-c2ccc(N(c3ccc4sc5ccccc5c4c3)c3cccc4c3-c3ccccc3C43c4ccccc4-c4c3ccc3ccc(-c5ccc6c(c5)C(C)(C)c5cccc(N(c7ccc8c(c7)C(C)(C)c7ccccc7-8)c7cccc8c7-c7ccccc7C87c8ccccc8-c8c7ccc7ccccc87)c5-6)cc43)cc21. The number of anilines is 6. The molecule has 0 saturated carbocycles. The highest BCUT2D eigenvalue weighted by Crippen LogP contribution is 2.70. The zero-order chi connectivity index (χ0) is 78.2. The van der Waals surface area contributed by atoms with Crippen molar-refractivity contribution in [2.24, 2.45) is 0 Å². The zero-order valence-electron chi connectivity index (χ0n) is 66.4. The Hall–Kier alpha value is -13.7. The first-order valence-electron chi connectivity index (χ1n) is 41.9. The minimum atomic E-state index is -0.623. The predicted octanol–water partition coefficient (Wildman–Crippen LogP) is 30.6. The Morgan fingerprint density at radius 2 is 0.542 bits per heavy atom. The first kappa shape index (κ1) is 66.6. The molecule has 0 fully saturated rings. The first-order chi connectivity index (χ1) is 57.8. The van der Waals surface area contributed by atoms with Crippen LogP contribution in [0.15, 0.2) is 364 Å². The maximum atomic E-state index is 2.67. The smallest absolute Gasteiger partial charge is 0.0726 e. The maximum Gasteiger partial charge on any atom is 0.0726 e. The Kier molecular flexibility index (Phi) is 13.2. The second kappa shape index (κ2) is 23.3. The number of rotatable bonds is 7. The van der Waals surface area contributed by atoms with E-state index in [1.165, 1.54) is 226 Å². The van der Waals surface area contributed by atoms with Crippen molar-refractivity contribution in [2.45, 2.75) is 68.6 Å². The molecule has 2 unspecified atom stereocenters. The van der Waals surface area contributed by atoms with E-state index in [4.69, 9.17) is 0 Å².